The van der Waals surface area contributed by atoms with Gasteiger partial charge in [-0.3, -0.25) is 4.79 Å². The third-order valence-corrected chi connectivity index (χ3v) is 4.65. The van der Waals surface area contributed by atoms with Gasteiger partial charge in [-0.15, -0.1) is 0 Å². The van der Waals surface area contributed by atoms with E-state index in [2.05, 4.69) is 28.8 Å². The fourth-order valence-electron chi connectivity index (χ4n) is 3.09. The Morgan fingerprint density at radius 1 is 0.889 bits per heavy atom. The molecular formula is C24H26N2O. The van der Waals surface area contributed by atoms with Crippen LogP contribution in [0.15, 0.2) is 78.9 Å². The summed E-state index contributed by atoms with van der Waals surface area (Å²) >= 11 is 0. The molecule has 0 saturated heterocycles. The van der Waals surface area contributed by atoms with E-state index in [9.17, 15) is 4.79 Å². The van der Waals surface area contributed by atoms with E-state index in [4.69, 9.17) is 0 Å². The third-order valence-electron chi connectivity index (χ3n) is 4.65. The van der Waals surface area contributed by atoms with E-state index in [1.54, 1.807) is 0 Å². The first-order valence-electron chi connectivity index (χ1n) is 9.34. The summed E-state index contributed by atoms with van der Waals surface area (Å²) in [5, 5.41) is 6.52. The maximum atomic E-state index is 13.0. The molecule has 0 aliphatic carbocycles. The van der Waals surface area contributed by atoms with Crippen LogP contribution in [0.2, 0.25) is 0 Å². The summed E-state index contributed by atoms with van der Waals surface area (Å²) in [6, 6.07) is 25.9. The second kappa shape index (κ2) is 9.15. The summed E-state index contributed by atoms with van der Waals surface area (Å²) in [6.07, 6.45) is 0.876. The largest absolute Gasteiger partial charge is 0.324 e. The van der Waals surface area contributed by atoms with Crippen molar-refractivity contribution in [3.05, 3.63) is 101 Å². The van der Waals surface area contributed by atoms with Crippen LogP contribution < -0.4 is 10.6 Å². The number of amides is 1. The predicted octanol–water partition coefficient (Wildman–Crippen LogP) is 4.82. The highest BCUT2D eigenvalue weighted by atomic mass is 16.2. The van der Waals surface area contributed by atoms with E-state index >= 15 is 0 Å². The van der Waals surface area contributed by atoms with Crippen molar-refractivity contribution >= 4 is 11.6 Å². The molecule has 0 aliphatic heterocycles. The lowest BCUT2D eigenvalue weighted by atomic mass is 10.0. The molecule has 1 amide bonds. The van der Waals surface area contributed by atoms with Crippen molar-refractivity contribution in [3.8, 4) is 0 Å². The predicted molar refractivity (Wildman–Crippen MR) is 112 cm³/mol. The molecule has 0 fully saturated rings. The Kier molecular flexibility index (Phi) is 6.39. The van der Waals surface area contributed by atoms with Crippen LogP contribution in [0, 0.1) is 13.8 Å². The minimum absolute atomic E-state index is 0.0389. The van der Waals surface area contributed by atoms with E-state index in [1.807, 2.05) is 74.5 Å². The first kappa shape index (κ1) is 18.9. The van der Waals surface area contributed by atoms with Crippen molar-refractivity contribution in [1.29, 1.82) is 0 Å². The van der Waals surface area contributed by atoms with E-state index in [0.29, 0.717) is 0 Å². The zero-order chi connectivity index (χ0) is 19.1. The van der Waals surface area contributed by atoms with E-state index in [-0.39, 0.29) is 5.91 Å². The number of carbonyl (C=O) groups is 1. The van der Waals surface area contributed by atoms with Crippen molar-refractivity contribution in [1.82, 2.24) is 5.32 Å². The number of aryl methyl sites for hydroxylation is 2. The molecule has 3 rings (SSSR count). The molecule has 2 N–H and O–H groups in total. The highest BCUT2D eigenvalue weighted by Gasteiger charge is 2.20. The van der Waals surface area contributed by atoms with Gasteiger partial charge in [0.1, 0.15) is 6.04 Å². The maximum Gasteiger partial charge on any atom is 0.246 e. The lowest BCUT2D eigenvalue weighted by molar-refractivity contribution is -0.118. The molecule has 3 aromatic rings. The summed E-state index contributed by atoms with van der Waals surface area (Å²) in [5.41, 5.74) is 5.28. The molecule has 3 nitrogen and oxygen atoms in total. The number of anilines is 1. The monoisotopic (exact) mass is 358 g/mol. The standard InChI is InChI=1S/C24H26N2O/c1-18-13-14-19(2)22(17-18)26-24(27)23(21-11-7-4-8-12-21)25-16-15-20-9-5-3-6-10-20/h3-14,17,23,25H,15-16H2,1-2H3,(H,26,27)/t23-/m1/s1. The van der Waals surface area contributed by atoms with Crippen LogP contribution >= 0.6 is 0 Å². The third kappa shape index (κ3) is 5.28. The Morgan fingerprint density at radius 2 is 1.56 bits per heavy atom. The van der Waals surface area contributed by atoms with Gasteiger partial charge in [0.15, 0.2) is 0 Å². The molecule has 0 radical (unpaired) electrons. The van der Waals surface area contributed by atoms with Gasteiger partial charge in [0.05, 0.1) is 0 Å². The van der Waals surface area contributed by atoms with E-state index in [1.165, 1.54) is 5.56 Å². The molecule has 0 aliphatic rings. The normalized spacial score (nSPS) is 11.8. The van der Waals surface area contributed by atoms with Gasteiger partial charge in [-0.1, -0.05) is 72.8 Å². The number of carbonyl (C=O) groups excluding carboxylic acids is 1. The zero-order valence-electron chi connectivity index (χ0n) is 15.9. The van der Waals surface area contributed by atoms with Gasteiger partial charge in [0.2, 0.25) is 5.91 Å². The van der Waals surface area contributed by atoms with Gasteiger partial charge in [-0.05, 0) is 48.6 Å². The van der Waals surface area contributed by atoms with Crippen molar-refractivity contribution in [2.45, 2.75) is 26.3 Å². The van der Waals surface area contributed by atoms with Gasteiger partial charge in [-0.25, -0.2) is 0 Å². The van der Waals surface area contributed by atoms with Gasteiger partial charge in [0.25, 0.3) is 0 Å². The van der Waals surface area contributed by atoms with Gasteiger partial charge < -0.3 is 10.6 Å². The summed E-state index contributed by atoms with van der Waals surface area (Å²) in [6.45, 7) is 4.76. The van der Waals surface area contributed by atoms with Gasteiger partial charge >= 0.3 is 0 Å². The highest BCUT2D eigenvalue weighted by Crippen LogP contribution is 2.20. The Labute approximate surface area is 161 Å². The van der Waals surface area contributed by atoms with Crippen LogP contribution in [0.4, 0.5) is 5.69 Å². The lowest BCUT2D eigenvalue weighted by Crippen LogP contribution is -2.34. The average Bonchev–Trinajstić information content (AvgIpc) is 2.69. The molecule has 0 aromatic heterocycles. The molecule has 0 bridgehead atoms. The minimum Gasteiger partial charge on any atom is -0.324 e. The van der Waals surface area contributed by atoms with Crippen LogP contribution in [-0.4, -0.2) is 12.5 Å². The van der Waals surface area contributed by atoms with E-state index < -0.39 is 6.04 Å². The smallest absolute Gasteiger partial charge is 0.246 e. The second-order valence-corrected chi connectivity index (χ2v) is 6.84. The van der Waals surface area contributed by atoms with Crippen LogP contribution in [0.25, 0.3) is 0 Å². The number of rotatable bonds is 7. The second-order valence-electron chi connectivity index (χ2n) is 6.84. The Balaban J connectivity index is 1.73. The van der Waals surface area contributed by atoms with Crippen molar-refractivity contribution < 1.29 is 4.79 Å². The maximum absolute atomic E-state index is 13.0. The Hall–Kier alpha value is -2.91. The van der Waals surface area contributed by atoms with Crippen LogP contribution in [0.5, 0.6) is 0 Å². The highest BCUT2D eigenvalue weighted by molar-refractivity contribution is 5.96. The lowest BCUT2D eigenvalue weighted by Gasteiger charge is -2.20. The number of nitrogens with one attached hydrogen (secondary N) is 2. The molecular weight excluding hydrogens is 332 g/mol. The first-order valence-corrected chi connectivity index (χ1v) is 9.34. The van der Waals surface area contributed by atoms with Crippen LogP contribution in [0.3, 0.4) is 0 Å². The summed E-state index contributed by atoms with van der Waals surface area (Å²) in [5.74, 6) is -0.0389. The minimum atomic E-state index is -0.394. The summed E-state index contributed by atoms with van der Waals surface area (Å²) < 4.78 is 0. The Bertz CT molecular complexity index is 875. The van der Waals surface area contributed by atoms with Crippen molar-refractivity contribution in [2.75, 3.05) is 11.9 Å². The van der Waals surface area contributed by atoms with Crippen LogP contribution in [-0.2, 0) is 11.2 Å². The average molecular weight is 358 g/mol. The van der Waals surface area contributed by atoms with Gasteiger partial charge in [-0.2, -0.15) is 0 Å². The molecule has 0 spiro atoms. The molecule has 138 valence electrons. The number of hydrogen-bond donors (Lipinski definition) is 2. The molecule has 27 heavy (non-hydrogen) atoms. The topological polar surface area (TPSA) is 41.1 Å². The molecule has 0 heterocycles. The first-order chi connectivity index (χ1) is 13.1. The number of benzene rings is 3. The molecule has 0 saturated carbocycles. The zero-order valence-corrected chi connectivity index (χ0v) is 15.9. The summed E-state index contributed by atoms with van der Waals surface area (Å²) in [4.78, 5) is 13.0. The van der Waals surface area contributed by atoms with Crippen molar-refractivity contribution in [3.63, 3.8) is 0 Å². The van der Waals surface area contributed by atoms with Crippen LogP contribution in [0.1, 0.15) is 28.3 Å². The molecule has 1 atom stereocenters. The fourth-order valence-corrected chi connectivity index (χ4v) is 3.09. The van der Waals surface area contributed by atoms with Gasteiger partial charge in [0, 0.05) is 12.2 Å². The van der Waals surface area contributed by atoms with Crippen molar-refractivity contribution in [2.24, 2.45) is 0 Å². The molecule has 0 unspecified atom stereocenters. The molecule has 3 heteroatoms. The SMILES string of the molecule is Cc1ccc(C)c(NC(=O)[C@H](NCCc2ccccc2)c2ccccc2)c1. The number of hydrogen-bond acceptors (Lipinski definition) is 2. The summed E-state index contributed by atoms with van der Waals surface area (Å²) in [7, 11) is 0. The quantitative estimate of drug-likeness (QED) is 0.636. The Morgan fingerprint density at radius 3 is 2.26 bits per heavy atom. The fraction of sp³-hybridized carbons (Fsp3) is 0.208. The van der Waals surface area contributed by atoms with E-state index in [0.717, 1.165) is 35.3 Å². The molecule has 3 aromatic carbocycles.